The van der Waals surface area contributed by atoms with Gasteiger partial charge in [0.15, 0.2) is 0 Å². The summed E-state index contributed by atoms with van der Waals surface area (Å²) in [6.45, 7) is 8.59. The molecule has 0 spiro atoms. The van der Waals surface area contributed by atoms with E-state index >= 15 is 0 Å². The lowest BCUT2D eigenvalue weighted by molar-refractivity contribution is 0.477. The summed E-state index contributed by atoms with van der Waals surface area (Å²) in [5.74, 6) is 0.876. The molecule has 2 N–H and O–H groups in total. The van der Waals surface area contributed by atoms with Crippen LogP contribution in [0.1, 0.15) is 47.1 Å². The molecular formula is C12H18N4S. The predicted molar refractivity (Wildman–Crippen MR) is 70.1 cm³/mol. The highest BCUT2D eigenvalue weighted by Crippen LogP contribution is 2.27. The van der Waals surface area contributed by atoms with E-state index in [0.717, 1.165) is 5.82 Å². The molecule has 2 rings (SSSR count). The van der Waals surface area contributed by atoms with Gasteiger partial charge >= 0.3 is 0 Å². The van der Waals surface area contributed by atoms with Crippen LogP contribution in [-0.2, 0) is 0 Å². The minimum absolute atomic E-state index is 0.173. The summed E-state index contributed by atoms with van der Waals surface area (Å²) < 4.78 is 0. The molecule has 92 valence electrons. The van der Waals surface area contributed by atoms with Crippen molar-refractivity contribution in [1.82, 2.24) is 20.5 Å². The van der Waals surface area contributed by atoms with E-state index < -0.39 is 0 Å². The van der Waals surface area contributed by atoms with Crippen molar-refractivity contribution in [1.29, 1.82) is 0 Å². The quantitative estimate of drug-likeness (QED) is 0.877. The van der Waals surface area contributed by atoms with Crippen molar-refractivity contribution in [2.45, 2.75) is 39.8 Å². The monoisotopic (exact) mass is 250 g/mol. The summed E-state index contributed by atoms with van der Waals surface area (Å²) in [5, 5.41) is 10.3. The minimum atomic E-state index is 0.173. The summed E-state index contributed by atoms with van der Waals surface area (Å²) in [7, 11) is 0. The van der Waals surface area contributed by atoms with E-state index in [9.17, 15) is 0 Å². The van der Waals surface area contributed by atoms with Crippen molar-refractivity contribution < 1.29 is 0 Å². The van der Waals surface area contributed by atoms with Crippen LogP contribution in [0.2, 0.25) is 0 Å². The average Bonchev–Trinajstić information content (AvgIpc) is 2.87. The van der Waals surface area contributed by atoms with E-state index in [1.54, 1.807) is 0 Å². The SMILES string of the molecule is Cc1cc(C(C)NC(C)c2ncn[nH]2)c(C)s1. The fourth-order valence-corrected chi connectivity index (χ4v) is 3.07. The summed E-state index contributed by atoms with van der Waals surface area (Å²) >= 11 is 1.85. The number of hydrogen-bond donors (Lipinski definition) is 2. The van der Waals surface area contributed by atoms with Gasteiger partial charge in [0.1, 0.15) is 12.2 Å². The molecule has 0 aliphatic rings. The smallest absolute Gasteiger partial charge is 0.141 e. The summed E-state index contributed by atoms with van der Waals surface area (Å²) in [6.07, 6.45) is 1.54. The third-order valence-electron chi connectivity index (χ3n) is 2.89. The normalized spacial score (nSPS) is 14.8. The molecule has 2 aromatic rings. The van der Waals surface area contributed by atoms with Gasteiger partial charge in [-0.3, -0.25) is 5.10 Å². The number of thiophene rings is 1. The largest absolute Gasteiger partial charge is 0.301 e. The number of rotatable bonds is 4. The van der Waals surface area contributed by atoms with Gasteiger partial charge in [-0.05, 0) is 39.3 Å². The number of aromatic amines is 1. The molecule has 0 saturated carbocycles. The summed E-state index contributed by atoms with van der Waals surface area (Å²) in [6, 6.07) is 2.75. The van der Waals surface area contributed by atoms with Crippen molar-refractivity contribution in [2.75, 3.05) is 0 Å². The minimum Gasteiger partial charge on any atom is -0.301 e. The molecule has 2 heterocycles. The molecule has 0 fully saturated rings. The van der Waals surface area contributed by atoms with E-state index in [0.29, 0.717) is 6.04 Å². The standard InChI is InChI=1S/C12H18N4S/c1-7-5-11(10(4)17-7)8(2)15-9(3)12-13-6-14-16-12/h5-6,8-9,15H,1-4H3,(H,13,14,16). The molecule has 0 aromatic carbocycles. The number of H-pyrrole nitrogens is 1. The molecule has 2 atom stereocenters. The molecule has 2 unspecified atom stereocenters. The molecule has 0 saturated heterocycles. The predicted octanol–water partition coefficient (Wildman–Crippen LogP) is 2.89. The highest BCUT2D eigenvalue weighted by Gasteiger charge is 2.15. The highest BCUT2D eigenvalue weighted by molar-refractivity contribution is 7.12. The maximum Gasteiger partial charge on any atom is 0.141 e. The Kier molecular flexibility index (Phi) is 3.59. The lowest BCUT2D eigenvalue weighted by atomic mass is 10.1. The third-order valence-corrected chi connectivity index (χ3v) is 3.87. The Morgan fingerprint density at radius 3 is 2.59 bits per heavy atom. The van der Waals surface area contributed by atoms with Gasteiger partial charge < -0.3 is 5.32 Å². The van der Waals surface area contributed by atoms with Gasteiger partial charge in [-0.2, -0.15) is 5.10 Å². The fraction of sp³-hybridized carbons (Fsp3) is 0.500. The molecule has 17 heavy (non-hydrogen) atoms. The van der Waals surface area contributed by atoms with Crippen molar-refractivity contribution in [3.8, 4) is 0 Å². The molecule has 0 amide bonds. The zero-order chi connectivity index (χ0) is 12.4. The fourth-order valence-electron chi connectivity index (χ4n) is 2.05. The Bertz CT molecular complexity index is 475. The lowest BCUT2D eigenvalue weighted by Crippen LogP contribution is -2.23. The van der Waals surface area contributed by atoms with Crippen molar-refractivity contribution >= 4 is 11.3 Å². The zero-order valence-corrected chi connectivity index (χ0v) is 11.4. The first-order chi connectivity index (χ1) is 8.08. The van der Waals surface area contributed by atoms with E-state index in [1.165, 1.54) is 21.6 Å². The van der Waals surface area contributed by atoms with Gasteiger partial charge in [0.2, 0.25) is 0 Å². The Labute approximate surface area is 105 Å². The molecular weight excluding hydrogens is 232 g/mol. The van der Waals surface area contributed by atoms with Crippen molar-refractivity contribution in [2.24, 2.45) is 0 Å². The summed E-state index contributed by atoms with van der Waals surface area (Å²) in [5.41, 5.74) is 1.37. The van der Waals surface area contributed by atoms with Gasteiger partial charge in [-0.15, -0.1) is 11.3 Å². The van der Waals surface area contributed by atoms with Crippen LogP contribution in [0, 0.1) is 13.8 Å². The molecule has 4 nitrogen and oxygen atoms in total. The van der Waals surface area contributed by atoms with E-state index in [1.807, 2.05) is 11.3 Å². The molecule has 0 aliphatic carbocycles. The van der Waals surface area contributed by atoms with Crippen LogP contribution in [0.25, 0.3) is 0 Å². The maximum absolute atomic E-state index is 4.16. The van der Waals surface area contributed by atoms with Crippen molar-refractivity contribution in [3.05, 3.63) is 33.5 Å². The van der Waals surface area contributed by atoms with E-state index in [-0.39, 0.29) is 6.04 Å². The molecule has 0 radical (unpaired) electrons. The van der Waals surface area contributed by atoms with Gasteiger partial charge in [0.05, 0.1) is 6.04 Å². The van der Waals surface area contributed by atoms with Crippen molar-refractivity contribution in [3.63, 3.8) is 0 Å². The molecule has 0 bridgehead atoms. The molecule has 2 aromatic heterocycles. The van der Waals surface area contributed by atoms with E-state index in [4.69, 9.17) is 0 Å². The van der Waals surface area contributed by atoms with Crippen LogP contribution in [0.4, 0.5) is 0 Å². The van der Waals surface area contributed by atoms with E-state index in [2.05, 4.69) is 54.3 Å². The first-order valence-corrected chi connectivity index (χ1v) is 6.58. The lowest BCUT2D eigenvalue weighted by Gasteiger charge is -2.18. The maximum atomic E-state index is 4.16. The van der Waals surface area contributed by atoms with Gasteiger partial charge in [0.25, 0.3) is 0 Å². The second-order valence-electron chi connectivity index (χ2n) is 4.35. The van der Waals surface area contributed by atoms with Crippen LogP contribution in [0.3, 0.4) is 0 Å². The number of nitrogens with one attached hydrogen (secondary N) is 2. The second kappa shape index (κ2) is 4.98. The Morgan fingerprint density at radius 1 is 1.29 bits per heavy atom. The second-order valence-corrected chi connectivity index (χ2v) is 5.81. The Morgan fingerprint density at radius 2 is 2.06 bits per heavy atom. The Balaban J connectivity index is 2.06. The Hall–Kier alpha value is -1.20. The highest BCUT2D eigenvalue weighted by atomic mass is 32.1. The molecule has 0 aliphatic heterocycles. The number of aryl methyl sites for hydroxylation is 2. The van der Waals surface area contributed by atoms with Crippen LogP contribution >= 0.6 is 11.3 Å². The van der Waals surface area contributed by atoms with Crippen LogP contribution in [0.5, 0.6) is 0 Å². The zero-order valence-electron chi connectivity index (χ0n) is 10.6. The first kappa shape index (κ1) is 12.3. The van der Waals surface area contributed by atoms with Crippen LogP contribution < -0.4 is 5.32 Å². The first-order valence-electron chi connectivity index (χ1n) is 5.76. The number of nitrogens with zero attached hydrogens (tertiary/aromatic N) is 2. The number of aromatic nitrogens is 3. The number of hydrogen-bond acceptors (Lipinski definition) is 4. The van der Waals surface area contributed by atoms with Gasteiger partial charge in [-0.25, -0.2) is 4.98 Å². The van der Waals surface area contributed by atoms with Crippen LogP contribution in [0.15, 0.2) is 12.4 Å². The topological polar surface area (TPSA) is 53.6 Å². The van der Waals surface area contributed by atoms with Gasteiger partial charge in [-0.1, -0.05) is 0 Å². The average molecular weight is 250 g/mol. The molecule has 5 heteroatoms. The van der Waals surface area contributed by atoms with Gasteiger partial charge in [0, 0.05) is 15.8 Å². The van der Waals surface area contributed by atoms with Crippen LogP contribution in [-0.4, -0.2) is 15.2 Å². The third kappa shape index (κ3) is 2.73. The summed E-state index contributed by atoms with van der Waals surface area (Å²) in [4.78, 5) is 6.91.